The molecule has 2 rings (SSSR count). The highest BCUT2D eigenvalue weighted by Crippen LogP contribution is 2.11. The average Bonchev–Trinajstić information content (AvgIpc) is 2.67. The van der Waals surface area contributed by atoms with E-state index in [1.807, 2.05) is 14.0 Å². The first-order chi connectivity index (χ1) is 8.99. The van der Waals surface area contributed by atoms with Crippen molar-refractivity contribution in [2.75, 3.05) is 0 Å². The van der Waals surface area contributed by atoms with Crippen molar-refractivity contribution >= 4 is 5.91 Å². The van der Waals surface area contributed by atoms with E-state index in [9.17, 15) is 9.18 Å². The lowest BCUT2D eigenvalue weighted by molar-refractivity contribution is 0.0950. The molecule has 0 aliphatic rings. The van der Waals surface area contributed by atoms with Crippen molar-refractivity contribution in [3.63, 3.8) is 0 Å². The molecule has 1 amide bonds. The molecule has 0 saturated heterocycles. The van der Waals surface area contributed by atoms with E-state index in [0.29, 0.717) is 17.7 Å². The van der Waals surface area contributed by atoms with Gasteiger partial charge in [0.2, 0.25) is 0 Å². The highest BCUT2D eigenvalue weighted by molar-refractivity contribution is 5.95. The van der Waals surface area contributed by atoms with Gasteiger partial charge in [-0.25, -0.2) is 4.39 Å². The first kappa shape index (κ1) is 13.3. The first-order valence-corrected chi connectivity index (χ1v) is 6.01. The summed E-state index contributed by atoms with van der Waals surface area (Å²) in [7, 11) is 1.85. The minimum atomic E-state index is -0.336. The van der Waals surface area contributed by atoms with Crippen molar-refractivity contribution in [2.24, 2.45) is 7.05 Å². The molecule has 0 unspecified atom stereocenters. The molecule has 19 heavy (non-hydrogen) atoms. The monoisotopic (exact) mass is 261 g/mol. The normalized spacial score (nSPS) is 10.5. The van der Waals surface area contributed by atoms with Crippen LogP contribution in [-0.4, -0.2) is 15.7 Å². The molecular weight excluding hydrogens is 245 g/mol. The summed E-state index contributed by atoms with van der Waals surface area (Å²) in [5.74, 6) is -0.544. The zero-order chi connectivity index (χ0) is 14.0. The number of aromatic nitrogens is 2. The van der Waals surface area contributed by atoms with Crippen LogP contribution in [0.15, 0.2) is 24.4 Å². The lowest BCUT2D eigenvalue weighted by Crippen LogP contribution is -2.23. The summed E-state index contributed by atoms with van der Waals surface area (Å²) < 4.78 is 14.7. The molecule has 0 spiro atoms. The van der Waals surface area contributed by atoms with E-state index in [-0.39, 0.29) is 11.7 Å². The molecule has 1 heterocycles. The molecule has 0 aliphatic heterocycles. The van der Waals surface area contributed by atoms with Crippen LogP contribution >= 0.6 is 0 Å². The molecule has 0 bridgehead atoms. The maximum Gasteiger partial charge on any atom is 0.251 e. The maximum atomic E-state index is 13.0. The van der Waals surface area contributed by atoms with Gasteiger partial charge in [0.15, 0.2) is 0 Å². The number of benzene rings is 1. The molecule has 4 nitrogen and oxygen atoms in total. The van der Waals surface area contributed by atoms with E-state index >= 15 is 0 Å². The Morgan fingerprint density at radius 2 is 2.16 bits per heavy atom. The van der Waals surface area contributed by atoms with E-state index in [4.69, 9.17) is 0 Å². The summed E-state index contributed by atoms with van der Waals surface area (Å²) in [5, 5.41) is 6.93. The minimum Gasteiger partial charge on any atom is -0.348 e. The second kappa shape index (κ2) is 5.22. The number of carbonyl (C=O) groups is 1. The summed E-state index contributed by atoms with van der Waals surface area (Å²) in [6.45, 7) is 4.07. The lowest BCUT2D eigenvalue weighted by atomic mass is 10.1. The summed E-state index contributed by atoms with van der Waals surface area (Å²) in [5.41, 5.74) is 3.09. The van der Waals surface area contributed by atoms with Crippen LogP contribution in [0.2, 0.25) is 0 Å². The van der Waals surface area contributed by atoms with Gasteiger partial charge in [0.1, 0.15) is 5.82 Å². The predicted molar refractivity (Wildman–Crippen MR) is 70.3 cm³/mol. The van der Waals surface area contributed by atoms with Gasteiger partial charge in [-0.05, 0) is 37.6 Å². The molecule has 1 N–H and O–H groups in total. The van der Waals surface area contributed by atoms with E-state index in [1.165, 1.54) is 18.2 Å². The number of nitrogens with one attached hydrogen (secondary N) is 1. The fraction of sp³-hybridized carbons (Fsp3) is 0.286. The van der Waals surface area contributed by atoms with Crippen LogP contribution in [0.4, 0.5) is 4.39 Å². The minimum absolute atomic E-state index is 0.208. The van der Waals surface area contributed by atoms with Gasteiger partial charge in [-0.15, -0.1) is 0 Å². The van der Waals surface area contributed by atoms with Crippen LogP contribution < -0.4 is 5.32 Å². The van der Waals surface area contributed by atoms with Crippen LogP contribution in [0.3, 0.4) is 0 Å². The van der Waals surface area contributed by atoms with Crippen LogP contribution in [0, 0.1) is 19.7 Å². The number of halogens is 1. The Morgan fingerprint density at radius 1 is 1.42 bits per heavy atom. The van der Waals surface area contributed by atoms with Crippen molar-refractivity contribution in [1.82, 2.24) is 15.1 Å². The predicted octanol–water partition coefficient (Wildman–Crippen LogP) is 2.11. The Labute approximate surface area is 111 Å². The Hall–Kier alpha value is -2.17. The maximum absolute atomic E-state index is 13.0. The van der Waals surface area contributed by atoms with Crippen molar-refractivity contribution < 1.29 is 9.18 Å². The third-order valence-electron chi connectivity index (χ3n) is 3.21. The van der Waals surface area contributed by atoms with Gasteiger partial charge in [-0.1, -0.05) is 0 Å². The van der Waals surface area contributed by atoms with E-state index < -0.39 is 0 Å². The molecule has 0 radical (unpaired) electrons. The summed E-state index contributed by atoms with van der Waals surface area (Å²) >= 11 is 0. The smallest absolute Gasteiger partial charge is 0.251 e. The summed E-state index contributed by atoms with van der Waals surface area (Å²) in [4.78, 5) is 12.0. The summed E-state index contributed by atoms with van der Waals surface area (Å²) in [6, 6.07) is 4.14. The second-order valence-corrected chi connectivity index (χ2v) is 4.52. The van der Waals surface area contributed by atoms with Crippen LogP contribution in [-0.2, 0) is 13.6 Å². The van der Waals surface area contributed by atoms with Crippen LogP contribution in [0.5, 0.6) is 0 Å². The van der Waals surface area contributed by atoms with Crippen molar-refractivity contribution in [3.8, 4) is 0 Å². The Kier molecular flexibility index (Phi) is 3.64. The molecule has 0 fully saturated rings. The largest absolute Gasteiger partial charge is 0.348 e. The Morgan fingerprint density at radius 3 is 2.74 bits per heavy atom. The lowest BCUT2D eigenvalue weighted by Gasteiger charge is -2.07. The van der Waals surface area contributed by atoms with Gasteiger partial charge in [-0.2, -0.15) is 5.10 Å². The van der Waals surface area contributed by atoms with Gasteiger partial charge in [-0.3, -0.25) is 9.48 Å². The van der Waals surface area contributed by atoms with Gasteiger partial charge in [0.25, 0.3) is 5.91 Å². The van der Waals surface area contributed by atoms with E-state index in [1.54, 1.807) is 17.8 Å². The van der Waals surface area contributed by atoms with Gasteiger partial charge in [0.05, 0.1) is 6.20 Å². The molecule has 1 aromatic heterocycles. The highest BCUT2D eigenvalue weighted by Gasteiger charge is 2.10. The molecule has 100 valence electrons. The zero-order valence-corrected chi connectivity index (χ0v) is 11.2. The quantitative estimate of drug-likeness (QED) is 0.919. The molecule has 0 atom stereocenters. The summed E-state index contributed by atoms with van der Waals surface area (Å²) in [6.07, 6.45) is 1.73. The van der Waals surface area contributed by atoms with E-state index in [2.05, 4.69) is 10.4 Å². The number of rotatable bonds is 3. The second-order valence-electron chi connectivity index (χ2n) is 4.52. The number of nitrogens with zero attached hydrogens (tertiary/aromatic N) is 2. The molecule has 0 saturated carbocycles. The van der Waals surface area contributed by atoms with Gasteiger partial charge < -0.3 is 5.32 Å². The standard InChI is InChI=1S/C14H16FN3O/c1-9-6-12(15)4-5-13(9)14(19)16-7-11-8-17-18(3)10(11)2/h4-6,8H,7H2,1-3H3,(H,16,19). The number of hydrogen-bond acceptors (Lipinski definition) is 2. The van der Waals surface area contributed by atoms with Gasteiger partial charge >= 0.3 is 0 Å². The number of hydrogen-bond donors (Lipinski definition) is 1. The van der Waals surface area contributed by atoms with Crippen molar-refractivity contribution in [3.05, 3.63) is 52.6 Å². The molecule has 5 heteroatoms. The number of carbonyl (C=O) groups excluding carboxylic acids is 1. The SMILES string of the molecule is Cc1cc(F)ccc1C(=O)NCc1cnn(C)c1C. The molecule has 2 aromatic rings. The molecule has 1 aromatic carbocycles. The number of aryl methyl sites for hydroxylation is 2. The number of amides is 1. The Bertz CT molecular complexity index is 619. The van der Waals surface area contributed by atoms with E-state index in [0.717, 1.165) is 11.3 Å². The third kappa shape index (κ3) is 2.81. The third-order valence-corrected chi connectivity index (χ3v) is 3.21. The fourth-order valence-corrected chi connectivity index (χ4v) is 1.87. The highest BCUT2D eigenvalue weighted by atomic mass is 19.1. The topological polar surface area (TPSA) is 46.9 Å². The van der Waals surface area contributed by atoms with Crippen LogP contribution in [0.1, 0.15) is 27.2 Å². The first-order valence-electron chi connectivity index (χ1n) is 6.01. The Balaban J connectivity index is 2.07. The molecule has 0 aliphatic carbocycles. The van der Waals surface area contributed by atoms with Gasteiger partial charge in [0, 0.05) is 30.4 Å². The van der Waals surface area contributed by atoms with Crippen molar-refractivity contribution in [1.29, 1.82) is 0 Å². The van der Waals surface area contributed by atoms with Crippen LogP contribution in [0.25, 0.3) is 0 Å². The molecular formula is C14H16FN3O. The zero-order valence-electron chi connectivity index (χ0n) is 11.2. The van der Waals surface area contributed by atoms with Crippen molar-refractivity contribution in [2.45, 2.75) is 20.4 Å². The average molecular weight is 261 g/mol. The fourth-order valence-electron chi connectivity index (χ4n) is 1.87.